The molecule has 0 saturated carbocycles. The molecule has 0 aliphatic rings. The molecule has 2 rings (SSSR count). The lowest BCUT2D eigenvalue weighted by Gasteiger charge is -2.07. The summed E-state index contributed by atoms with van der Waals surface area (Å²) in [5.41, 5.74) is 1.92. The van der Waals surface area contributed by atoms with E-state index in [1.54, 1.807) is 38.1 Å². The van der Waals surface area contributed by atoms with E-state index in [0.29, 0.717) is 27.6 Å². The van der Waals surface area contributed by atoms with Crippen LogP contribution in [0.25, 0.3) is 0 Å². The van der Waals surface area contributed by atoms with Crippen molar-refractivity contribution in [1.29, 1.82) is 0 Å². The average Bonchev–Trinajstić information content (AvgIpc) is 2.86. The predicted octanol–water partition coefficient (Wildman–Crippen LogP) is 3.29. The first kappa shape index (κ1) is 18.7. The Bertz CT molecular complexity index is 825. The maximum absolute atomic E-state index is 12.2. The van der Waals surface area contributed by atoms with E-state index in [9.17, 15) is 14.4 Å². The van der Waals surface area contributed by atoms with Gasteiger partial charge < -0.3 is 14.5 Å². The summed E-state index contributed by atoms with van der Waals surface area (Å²) < 4.78 is 10.2. The van der Waals surface area contributed by atoms with E-state index >= 15 is 0 Å². The number of para-hydroxylation sites is 1. The van der Waals surface area contributed by atoms with Gasteiger partial charge in [-0.15, -0.1) is 0 Å². The fraction of sp³-hybridized carbons (Fsp3) is 0.278. The van der Waals surface area contributed by atoms with Crippen LogP contribution in [-0.4, -0.2) is 35.7 Å². The molecular formula is C18H18ClNO5. The topological polar surface area (TPSA) is 85.5 Å². The summed E-state index contributed by atoms with van der Waals surface area (Å²) in [7, 11) is 0. The van der Waals surface area contributed by atoms with Crippen LogP contribution >= 0.6 is 11.6 Å². The number of aryl methyl sites for hydroxylation is 1. The molecule has 0 spiro atoms. The van der Waals surface area contributed by atoms with Gasteiger partial charge >= 0.3 is 5.97 Å². The van der Waals surface area contributed by atoms with Crippen molar-refractivity contribution in [3.8, 4) is 5.75 Å². The lowest BCUT2D eigenvalue weighted by molar-refractivity contribution is -0.144. The molecule has 1 N–H and O–H groups in total. The third-order valence-corrected chi connectivity index (χ3v) is 3.93. The summed E-state index contributed by atoms with van der Waals surface area (Å²) in [5.74, 6) is -0.884. The Morgan fingerprint density at radius 1 is 1.12 bits per heavy atom. The molecule has 132 valence electrons. The minimum atomic E-state index is -0.694. The number of esters is 1. The van der Waals surface area contributed by atoms with Crippen molar-refractivity contribution in [2.24, 2.45) is 0 Å². The van der Waals surface area contributed by atoms with Gasteiger partial charge in [-0.1, -0.05) is 23.7 Å². The SMILES string of the molecule is CC(=O)c1c(C)[nH]c(C(=O)COC(=O)COc2ccccc2Cl)c1C. The molecule has 0 radical (unpaired) electrons. The molecule has 0 fully saturated rings. The van der Waals surface area contributed by atoms with Crippen LogP contribution < -0.4 is 4.74 Å². The van der Waals surface area contributed by atoms with Gasteiger partial charge in [0.25, 0.3) is 0 Å². The molecule has 25 heavy (non-hydrogen) atoms. The molecule has 2 aromatic rings. The molecule has 6 nitrogen and oxygen atoms in total. The lowest BCUT2D eigenvalue weighted by Crippen LogP contribution is -2.20. The van der Waals surface area contributed by atoms with E-state index in [1.807, 2.05) is 0 Å². The van der Waals surface area contributed by atoms with E-state index in [1.165, 1.54) is 6.92 Å². The molecule has 0 aliphatic carbocycles. The second kappa shape index (κ2) is 7.98. The van der Waals surface area contributed by atoms with Crippen molar-refractivity contribution in [3.63, 3.8) is 0 Å². The van der Waals surface area contributed by atoms with E-state index in [-0.39, 0.29) is 18.1 Å². The minimum absolute atomic E-state index is 0.129. The van der Waals surface area contributed by atoms with Gasteiger partial charge in [0.05, 0.1) is 10.7 Å². The van der Waals surface area contributed by atoms with E-state index in [4.69, 9.17) is 21.1 Å². The molecule has 0 atom stereocenters. The number of ketones is 2. The van der Waals surface area contributed by atoms with Crippen LogP contribution in [0.4, 0.5) is 0 Å². The predicted molar refractivity (Wildman–Crippen MR) is 92.5 cm³/mol. The summed E-state index contributed by atoms with van der Waals surface area (Å²) in [6, 6.07) is 6.71. The summed E-state index contributed by atoms with van der Waals surface area (Å²) in [5, 5.41) is 0.376. The normalized spacial score (nSPS) is 10.4. The first-order chi connectivity index (χ1) is 11.8. The number of rotatable bonds is 7. The number of Topliss-reactive ketones (excluding diaryl/α,β-unsaturated/α-hetero) is 2. The van der Waals surface area contributed by atoms with Gasteiger partial charge in [0, 0.05) is 11.3 Å². The third-order valence-electron chi connectivity index (χ3n) is 3.61. The zero-order valence-electron chi connectivity index (χ0n) is 14.1. The fourth-order valence-electron chi connectivity index (χ4n) is 2.52. The minimum Gasteiger partial charge on any atom is -0.480 e. The summed E-state index contributed by atoms with van der Waals surface area (Å²) in [6.45, 7) is 4.02. The number of aromatic nitrogens is 1. The molecule has 0 aliphatic heterocycles. The number of carbonyl (C=O) groups is 3. The van der Waals surface area contributed by atoms with Gasteiger partial charge in [-0.05, 0) is 38.5 Å². The molecule has 7 heteroatoms. The van der Waals surface area contributed by atoms with Gasteiger partial charge in [0.15, 0.2) is 19.0 Å². The van der Waals surface area contributed by atoms with E-state index in [0.717, 1.165) is 0 Å². The largest absolute Gasteiger partial charge is 0.480 e. The summed E-state index contributed by atoms with van der Waals surface area (Å²) in [4.78, 5) is 38.4. The Morgan fingerprint density at radius 2 is 1.80 bits per heavy atom. The highest BCUT2D eigenvalue weighted by molar-refractivity contribution is 6.32. The molecular weight excluding hydrogens is 346 g/mol. The van der Waals surface area contributed by atoms with Gasteiger partial charge in [-0.3, -0.25) is 9.59 Å². The van der Waals surface area contributed by atoms with Crippen molar-refractivity contribution < 1.29 is 23.9 Å². The summed E-state index contributed by atoms with van der Waals surface area (Å²) >= 11 is 5.91. The van der Waals surface area contributed by atoms with Gasteiger partial charge in [0.2, 0.25) is 5.78 Å². The van der Waals surface area contributed by atoms with Gasteiger partial charge in [-0.2, -0.15) is 0 Å². The van der Waals surface area contributed by atoms with Crippen LogP contribution in [0, 0.1) is 13.8 Å². The molecule has 1 aromatic heterocycles. The molecule has 0 amide bonds. The molecule has 0 bridgehead atoms. The monoisotopic (exact) mass is 363 g/mol. The number of nitrogens with one attached hydrogen (secondary N) is 1. The number of hydrogen-bond donors (Lipinski definition) is 1. The van der Waals surface area contributed by atoms with Crippen LogP contribution in [0.3, 0.4) is 0 Å². The van der Waals surface area contributed by atoms with Crippen molar-refractivity contribution in [2.45, 2.75) is 20.8 Å². The highest BCUT2D eigenvalue weighted by Crippen LogP contribution is 2.23. The maximum Gasteiger partial charge on any atom is 0.344 e. The van der Waals surface area contributed by atoms with E-state index < -0.39 is 18.4 Å². The maximum atomic E-state index is 12.2. The Labute approximate surface area is 150 Å². The number of halogens is 1. The Hall–Kier alpha value is -2.60. The zero-order chi connectivity index (χ0) is 18.6. The Kier molecular flexibility index (Phi) is 5.98. The van der Waals surface area contributed by atoms with Crippen LogP contribution in [0.2, 0.25) is 5.02 Å². The smallest absolute Gasteiger partial charge is 0.344 e. The fourth-order valence-corrected chi connectivity index (χ4v) is 2.71. The number of H-pyrrole nitrogens is 1. The number of aromatic amines is 1. The number of benzene rings is 1. The molecule has 1 heterocycles. The second-order valence-electron chi connectivity index (χ2n) is 5.48. The number of hydrogen-bond acceptors (Lipinski definition) is 5. The van der Waals surface area contributed by atoms with Crippen LogP contribution in [0.15, 0.2) is 24.3 Å². The van der Waals surface area contributed by atoms with Gasteiger partial charge in [-0.25, -0.2) is 4.79 Å². The third kappa shape index (κ3) is 4.48. The van der Waals surface area contributed by atoms with Crippen molar-refractivity contribution in [2.75, 3.05) is 13.2 Å². The van der Waals surface area contributed by atoms with Crippen LogP contribution in [0.5, 0.6) is 5.75 Å². The number of ether oxygens (including phenoxy) is 2. The molecule has 0 unspecified atom stereocenters. The lowest BCUT2D eigenvalue weighted by atomic mass is 10.1. The first-order valence-electron chi connectivity index (χ1n) is 7.57. The Balaban J connectivity index is 1.92. The van der Waals surface area contributed by atoms with Crippen molar-refractivity contribution in [1.82, 2.24) is 4.98 Å². The van der Waals surface area contributed by atoms with Crippen molar-refractivity contribution in [3.05, 3.63) is 51.8 Å². The molecule has 1 aromatic carbocycles. The zero-order valence-corrected chi connectivity index (χ0v) is 14.9. The Morgan fingerprint density at radius 3 is 2.40 bits per heavy atom. The average molecular weight is 364 g/mol. The highest BCUT2D eigenvalue weighted by Gasteiger charge is 2.20. The number of carbonyl (C=O) groups excluding carboxylic acids is 3. The summed E-state index contributed by atoms with van der Waals surface area (Å²) in [6.07, 6.45) is 0. The second-order valence-corrected chi connectivity index (χ2v) is 5.89. The first-order valence-corrected chi connectivity index (χ1v) is 7.95. The van der Waals surface area contributed by atoms with Crippen molar-refractivity contribution >= 4 is 29.1 Å². The van der Waals surface area contributed by atoms with Crippen LogP contribution in [0.1, 0.15) is 39.0 Å². The quantitative estimate of drug-likeness (QED) is 0.602. The van der Waals surface area contributed by atoms with E-state index in [2.05, 4.69) is 4.98 Å². The van der Waals surface area contributed by atoms with Crippen LogP contribution in [-0.2, 0) is 9.53 Å². The molecule has 0 saturated heterocycles. The standard InChI is InChI=1S/C18H18ClNO5/c1-10-17(12(3)21)11(2)20-18(10)14(22)8-25-16(23)9-24-15-7-5-4-6-13(15)19/h4-7,20H,8-9H2,1-3H3. The van der Waals surface area contributed by atoms with Gasteiger partial charge in [0.1, 0.15) is 5.75 Å². The highest BCUT2D eigenvalue weighted by atomic mass is 35.5.